The van der Waals surface area contributed by atoms with Crippen molar-refractivity contribution < 1.29 is 14.3 Å². The molecule has 0 bridgehead atoms. The van der Waals surface area contributed by atoms with E-state index in [9.17, 15) is 9.59 Å². The summed E-state index contributed by atoms with van der Waals surface area (Å²) in [4.78, 5) is 22.6. The second-order valence-electron chi connectivity index (χ2n) is 3.06. The Hall–Kier alpha value is -1.14. The van der Waals surface area contributed by atoms with Crippen LogP contribution in [0.2, 0.25) is 0 Å². The molecule has 1 unspecified atom stereocenters. The molecule has 0 aromatic heterocycles. The zero-order chi connectivity index (χ0) is 10.6. The fourth-order valence-electron chi connectivity index (χ4n) is 1.45. The minimum absolute atomic E-state index is 0.111. The summed E-state index contributed by atoms with van der Waals surface area (Å²) in [6.07, 6.45) is 1.46. The van der Waals surface area contributed by atoms with Crippen LogP contribution in [0.1, 0.15) is 12.8 Å². The standard InChI is InChI=1S/C8H15N3O3/c1-14-8(13)6-3-2-4-10-11(6)7(12)5-9/h6,10H,2-5,9H2,1H3. The molecule has 1 atom stereocenters. The van der Waals surface area contributed by atoms with Gasteiger partial charge in [0.2, 0.25) is 0 Å². The largest absolute Gasteiger partial charge is 0.467 e. The molecule has 14 heavy (non-hydrogen) atoms. The van der Waals surface area contributed by atoms with E-state index in [1.807, 2.05) is 0 Å². The average molecular weight is 201 g/mol. The maximum absolute atomic E-state index is 11.3. The summed E-state index contributed by atoms with van der Waals surface area (Å²) in [5, 5.41) is 1.27. The van der Waals surface area contributed by atoms with E-state index in [1.54, 1.807) is 0 Å². The van der Waals surface area contributed by atoms with Crippen LogP contribution in [-0.2, 0) is 14.3 Å². The molecular weight excluding hydrogens is 186 g/mol. The second kappa shape index (κ2) is 4.92. The van der Waals surface area contributed by atoms with Crippen LogP contribution in [-0.4, -0.2) is 43.1 Å². The summed E-state index contributed by atoms with van der Waals surface area (Å²) >= 11 is 0. The van der Waals surface area contributed by atoms with E-state index in [2.05, 4.69) is 10.2 Å². The Labute approximate surface area is 82.3 Å². The first-order valence-electron chi connectivity index (χ1n) is 4.54. The molecule has 1 aliphatic rings. The summed E-state index contributed by atoms with van der Waals surface area (Å²) in [6, 6.07) is -0.537. The Bertz CT molecular complexity index is 208. The van der Waals surface area contributed by atoms with Crippen molar-refractivity contribution in [2.75, 3.05) is 20.2 Å². The molecule has 0 aliphatic carbocycles. The third-order valence-electron chi connectivity index (χ3n) is 2.16. The fraction of sp³-hybridized carbons (Fsp3) is 0.750. The average Bonchev–Trinajstić information content (AvgIpc) is 2.27. The molecule has 1 amide bonds. The lowest BCUT2D eigenvalue weighted by atomic mass is 10.1. The molecule has 80 valence electrons. The SMILES string of the molecule is COC(=O)C1CCCNN1C(=O)CN. The first-order chi connectivity index (χ1) is 6.70. The second-order valence-corrected chi connectivity index (χ2v) is 3.06. The number of nitrogens with two attached hydrogens (primary N) is 1. The van der Waals surface area contributed by atoms with Crippen LogP contribution in [0.3, 0.4) is 0 Å². The van der Waals surface area contributed by atoms with Gasteiger partial charge in [-0.05, 0) is 12.8 Å². The lowest BCUT2D eigenvalue weighted by Crippen LogP contribution is -2.57. The predicted molar refractivity (Wildman–Crippen MR) is 48.9 cm³/mol. The van der Waals surface area contributed by atoms with Gasteiger partial charge in [0, 0.05) is 6.54 Å². The van der Waals surface area contributed by atoms with Gasteiger partial charge >= 0.3 is 5.97 Å². The predicted octanol–water partition coefficient (Wildman–Crippen LogP) is -1.39. The highest BCUT2D eigenvalue weighted by atomic mass is 16.5. The molecule has 6 nitrogen and oxygen atoms in total. The van der Waals surface area contributed by atoms with Crippen LogP contribution in [0, 0.1) is 0 Å². The Morgan fingerprint density at radius 3 is 2.93 bits per heavy atom. The van der Waals surface area contributed by atoms with Gasteiger partial charge in [-0.3, -0.25) is 9.80 Å². The molecule has 1 aliphatic heterocycles. The maximum Gasteiger partial charge on any atom is 0.330 e. The van der Waals surface area contributed by atoms with Crippen molar-refractivity contribution in [3.63, 3.8) is 0 Å². The van der Waals surface area contributed by atoms with Crippen molar-refractivity contribution in [2.24, 2.45) is 5.73 Å². The number of ether oxygens (including phenoxy) is 1. The highest BCUT2D eigenvalue weighted by Crippen LogP contribution is 2.11. The van der Waals surface area contributed by atoms with Crippen molar-refractivity contribution >= 4 is 11.9 Å². The Kier molecular flexibility index (Phi) is 3.84. The van der Waals surface area contributed by atoms with E-state index in [-0.39, 0.29) is 12.5 Å². The van der Waals surface area contributed by atoms with Crippen molar-refractivity contribution in [1.82, 2.24) is 10.4 Å². The Morgan fingerprint density at radius 1 is 1.64 bits per heavy atom. The number of carbonyl (C=O) groups excluding carboxylic acids is 2. The Balaban J connectivity index is 2.68. The van der Waals surface area contributed by atoms with E-state index in [1.165, 1.54) is 12.1 Å². The lowest BCUT2D eigenvalue weighted by Gasteiger charge is -2.33. The third-order valence-corrected chi connectivity index (χ3v) is 2.16. The molecule has 1 rings (SSSR count). The minimum Gasteiger partial charge on any atom is -0.467 e. The highest BCUT2D eigenvalue weighted by molar-refractivity contribution is 5.85. The first-order valence-corrected chi connectivity index (χ1v) is 4.54. The zero-order valence-electron chi connectivity index (χ0n) is 8.16. The lowest BCUT2D eigenvalue weighted by molar-refractivity contribution is -0.157. The summed E-state index contributed by atoms with van der Waals surface area (Å²) < 4.78 is 4.60. The third kappa shape index (κ3) is 2.21. The Morgan fingerprint density at radius 2 is 2.36 bits per heavy atom. The number of amides is 1. The van der Waals surface area contributed by atoms with Crippen LogP contribution in [0.15, 0.2) is 0 Å². The molecule has 0 radical (unpaired) electrons. The molecule has 0 aromatic carbocycles. The summed E-state index contributed by atoms with van der Waals surface area (Å²) in [6.45, 7) is 0.569. The van der Waals surface area contributed by atoms with E-state index >= 15 is 0 Å². The summed E-state index contributed by atoms with van der Waals surface area (Å²) in [5.74, 6) is -0.695. The van der Waals surface area contributed by atoms with Crippen LogP contribution in [0.4, 0.5) is 0 Å². The summed E-state index contributed by atoms with van der Waals surface area (Å²) in [7, 11) is 1.31. The van der Waals surface area contributed by atoms with E-state index in [0.717, 1.165) is 6.42 Å². The number of rotatable bonds is 2. The molecule has 0 saturated carbocycles. The quantitative estimate of drug-likeness (QED) is 0.537. The van der Waals surface area contributed by atoms with Gasteiger partial charge in [-0.2, -0.15) is 0 Å². The van der Waals surface area contributed by atoms with Crippen LogP contribution in [0.5, 0.6) is 0 Å². The number of hydrogen-bond donors (Lipinski definition) is 2. The van der Waals surface area contributed by atoms with Crippen molar-refractivity contribution in [3.8, 4) is 0 Å². The number of carbonyl (C=O) groups is 2. The van der Waals surface area contributed by atoms with Crippen LogP contribution in [0.25, 0.3) is 0 Å². The molecule has 0 spiro atoms. The topological polar surface area (TPSA) is 84.7 Å². The molecule has 3 N–H and O–H groups in total. The molecule has 1 saturated heterocycles. The van der Waals surface area contributed by atoms with E-state index in [0.29, 0.717) is 13.0 Å². The van der Waals surface area contributed by atoms with Gasteiger partial charge < -0.3 is 10.5 Å². The van der Waals surface area contributed by atoms with Gasteiger partial charge in [-0.1, -0.05) is 0 Å². The van der Waals surface area contributed by atoms with Gasteiger partial charge in [0.15, 0.2) is 0 Å². The number of hydrazine groups is 1. The smallest absolute Gasteiger partial charge is 0.330 e. The highest BCUT2D eigenvalue weighted by Gasteiger charge is 2.32. The number of methoxy groups -OCH3 is 1. The molecule has 1 heterocycles. The number of nitrogens with one attached hydrogen (secondary N) is 1. The molecular formula is C8H15N3O3. The van der Waals surface area contributed by atoms with Crippen molar-refractivity contribution in [2.45, 2.75) is 18.9 Å². The van der Waals surface area contributed by atoms with Crippen molar-refractivity contribution in [3.05, 3.63) is 0 Å². The first kappa shape index (κ1) is 10.9. The van der Waals surface area contributed by atoms with Crippen molar-refractivity contribution in [1.29, 1.82) is 0 Å². The monoisotopic (exact) mass is 201 g/mol. The number of hydrogen-bond acceptors (Lipinski definition) is 5. The normalized spacial score (nSPS) is 21.9. The summed E-state index contributed by atoms with van der Waals surface area (Å²) in [5.41, 5.74) is 8.06. The molecule has 1 fully saturated rings. The molecule has 0 aromatic rings. The fourth-order valence-corrected chi connectivity index (χ4v) is 1.45. The zero-order valence-corrected chi connectivity index (χ0v) is 8.16. The maximum atomic E-state index is 11.3. The van der Waals surface area contributed by atoms with Gasteiger partial charge in [-0.25, -0.2) is 10.2 Å². The van der Waals surface area contributed by atoms with Gasteiger partial charge in [-0.15, -0.1) is 0 Å². The van der Waals surface area contributed by atoms with Crippen LogP contribution >= 0.6 is 0 Å². The van der Waals surface area contributed by atoms with Gasteiger partial charge in [0.25, 0.3) is 5.91 Å². The van der Waals surface area contributed by atoms with Gasteiger partial charge in [0.1, 0.15) is 6.04 Å². The number of esters is 1. The van der Waals surface area contributed by atoms with Crippen LogP contribution < -0.4 is 11.2 Å². The minimum atomic E-state index is -0.537. The van der Waals surface area contributed by atoms with E-state index in [4.69, 9.17) is 5.73 Å². The number of nitrogens with zero attached hydrogens (tertiary/aromatic N) is 1. The van der Waals surface area contributed by atoms with E-state index < -0.39 is 12.0 Å². The molecule has 6 heteroatoms. The van der Waals surface area contributed by atoms with Gasteiger partial charge in [0.05, 0.1) is 13.7 Å².